The summed E-state index contributed by atoms with van der Waals surface area (Å²) in [6, 6.07) is 25.7. The van der Waals surface area contributed by atoms with E-state index in [1.807, 2.05) is 54.6 Å². The van der Waals surface area contributed by atoms with E-state index in [9.17, 15) is 19.2 Å². The van der Waals surface area contributed by atoms with Gasteiger partial charge >= 0.3 is 5.69 Å². The van der Waals surface area contributed by atoms with Crippen LogP contribution in [0.3, 0.4) is 0 Å². The molecule has 3 amide bonds. The van der Waals surface area contributed by atoms with Crippen LogP contribution in [0.5, 0.6) is 5.88 Å². The van der Waals surface area contributed by atoms with Gasteiger partial charge in [0.1, 0.15) is 0 Å². The molecule has 2 N–H and O–H groups in total. The van der Waals surface area contributed by atoms with Crippen LogP contribution in [-0.2, 0) is 17.9 Å². The zero-order chi connectivity index (χ0) is 38.2. The van der Waals surface area contributed by atoms with Crippen LogP contribution in [0, 0.1) is 0 Å². The molecule has 1 fully saturated rings. The summed E-state index contributed by atoms with van der Waals surface area (Å²) in [6.07, 6.45) is 3.43. The Morgan fingerprint density at radius 1 is 0.800 bits per heavy atom. The minimum Gasteiger partial charge on any atom is -0.481 e. The highest BCUT2D eigenvalue weighted by molar-refractivity contribution is 6.39. The number of methoxy groups -OCH3 is 1. The van der Waals surface area contributed by atoms with E-state index in [-0.39, 0.29) is 42.5 Å². The maximum atomic E-state index is 13.5. The van der Waals surface area contributed by atoms with Gasteiger partial charge in [0.05, 0.1) is 34.0 Å². The molecular weight excluding hydrogens is 741 g/mol. The van der Waals surface area contributed by atoms with Gasteiger partial charge in [0.2, 0.25) is 11.8 Å². The molecule has 0 saturated carbocycles. The molecule has 1 saturated heterocycles. The molecular formula is C41H35Cl2N7O5. The van der Waals surface area contributed by atoms with Crippen LogP contribution in [-0.4, -0.2) is 68.0 Å². The molecule has 2 aliphatic rings. The average Bonchev–Trinajstić information content (AvgIpc) is 3.84. The van der Waals surface area contributed by atoms with Gasteiger partial charge in [-0.3, -0.25) is 19.3 Å². The molecule has 0 radical (unpaired) electrons. The molecule has 1 atom stereocenters. The van der Waals surface area contributed by atoms with Crippen LogP contribution in [0.15, 0.2) is 95.9 Å². The molecule has 6 aromatic rings. The third-order valence-corrected chi connectivity index (χ3v) is 10.8. The van der Waals surface area contributed by atoms with E-state index in [1.165, 1.54) is 14.0 Å². The van der Waals surface area contributed by atoms with Gasteiger partial charge in [0, 0.05) is 78.2 Å². The number of aromatic nitrogens is 4. The quantitative estimate of drug-likeness (QED) is 0.139. The molecule has 0 spiro atoms. The number of benzene rings is 3. The van der Waals surface area contributed by atoms with Gasteiger partial charge in [0.25, 0.3) is 11.8 Å². The normalized spacial score (nSPS) is 15.2. The molecule has 278 valence electrons. The van der Waals surface area contributed by atoms with Crippen molar-refractivity contribution < 1.29 is 19.1 Å². The number of nitrogens with zero attached hydrogens (tertiary/aromatic N) is 5. The Labute approximate surface area is 325 Å². The third-order valence-electron chi connectivity index (χ3n) is 10.0. The minimum atomic E-state index is -0.353. The van der Waals surface area contributed by atoms with Crippen LogP contribution in [0.4, 0.5) is 0 Å². The number of nitrogens with one attached hydrogen (secondary N) is 2. The molecule has 3 aromatic carbocycles. The summed E-state index contributed by atoms with van der Waals surface area (Å²) in [7, 11) is 1.58. The van der Waals surface area contributed by atoms with Crippen LogP contribution in [0.1, 0.15) is 45.5 Å². The van der Waals surface area contributed by atoms with Crippen molar-refractivity contribution in [1.29, 1.82) is 0 Å². The molecule has 8 rings (SSSR count). The summed E-state index contributed by atoms with van der Waals surface area (Å²) in [6.45, 7) is 1.56. The lowest BCUT2D eigenvalue weighted by Crippen LogP contribution is -2.35. The second-order valence-electron chi connectivity index (χ2n) is 13.4. The number of amides is 3. The molecule has 2 aliphatic heterocycles. The van der Waals surface area contributed by atoms with Crippen molar-refractivity contribution in [2.75, 3.05) is 20.2 Å². The Morgan fingerprint density at radius 3 is 2.16 bits per heavy atom. The van der Waals surface area contributed by atoms with Gasteiger partial charge in [-0.05, 0) is 43.2 Å². The van der Waals surface area contributed by atoms with E-state index in [1.54, 1.807) is 43.6 Å². The van der Waals surface area contributed by atoms with Gasteiger partial charge in [-0.25, -0.2) is 18.9 Å². The van der Waals surface area contributed by atoms with Crippen LogP contribution in [0.2, 0.25) is 10.0 Å². The SMILES string of the molecule is COc1nc(-c2cccc(-c3cccc(-c4ccc5nn(CCCN6C(=O)c7ccccc7C6=O)c(=O)n5c4)c3Cl)c2Cl)ccc1CNC[C@@H]1CCC(=O)N1. The standard InChI is InChI=1S/C41H35Cl2N7O5/c1-55-38-24(21-44-22-26-15-18-35(51)45-26)13-16-33(46-38)32-12-5-11-29(37(32)43)28-10-4-9-27(36(28)42)25-14-17-34-47-50(41(54)49(34)23-25)20-6-19-48-39(52)30-7-2-3-8-31(30)40(48)53/h2-5,7-14,16-17,23,26,44H,6,15,18-22H2,1H3,(H,45,51)/t26-/m0/s1. The molecule has 14 heteroatoms. The number of hydrogen-bond acceptors (Lipinski definition) is 8. The molecule has 0 unspecified atom stereocenters. The van der Waals surface area contributed by atoms with E-state index in [2.05, 4.69) is 15.7 Å². The van der Waals surface area contributed by atoms with E-state index in [4.69, 9.17) is 32.9 Å². The zero-order valence-electron chi connectivity index (χ0n) is 29.7. The first kappa shape index (κ1) is 36.2. The van der Waals surface area contributed by atoms with E-state index in [0.29, 0.717) is 92.1 Å². The van der Waals surface area contributed by atoms with Gasteiger partial charge in [0.15, 0.2) is 5.65 Å². The Bertz CT molecular complexity index is 2530. The fourth-order valence-corrected chi connectivity index (χ4v) is 7.85. The number of halogens is 2. The predicted octanol–water partition coefficient (Wildman–Crippen LogP) is 6.26. The Morgan fingerprint density at radius 2 is 1.47 bits per heavy atom. The van der Waals surface area contributed by atoms with Crippen molar-refractivity contribution in [3.8, 4) is 39.4 Å². The first-order valence-electron chi connectivity index (χ1n) is 17.9. The molecule has 0 bridgehead atoms. The van der Waals surface area contributed by atoms with Crippen LogP contribution < -0.4 is 21.1 Å². The van der Waals surface area contributed by atoms with E-state index in [0.717, 1.165) is 12.0 Å². The Kier molecular flexibility index (Phi) is 9.95. The highest BCUT2D eigenvalue weighted by Gasteiger charge is 2.34. The van der Waals surface area contributed by atoms with Crippen molar-refractivity contribution in [3.63, 3.8) is 0 Å². The number of ether oxygens (including phenoxy) is 1. The van der Waals surface area contributed by atoms with E-state index >= 15 is 0 Å². The number of imide groups is 1. The number of pyridine rings is 2. The number of fused-ring (bicyclic) bond motifs is 2. The lowest BCUT2D eigenvalue weighted by Gasteiger charge is -2.15. The summed E-state index contributed by atoms with van der Waals surface area (Å²) < 4.78 is 8.44. The van der Waals surface area contributed by atoms with Crippen molar-refractivity contribution in [3.05, 3.63) is 128 Å². The second kappa shape index (κ2) is 15.1. The lowest BCUT2D eigenvalue weighted by molar-refractivity contribution is -0.119. The number of hydrogen-bond donors (Lipinski definition) is 2. The van der Waals surface area contributed by atoms with Gasteiger partial charge in [-0.1, -0.05) is 77.8 Å². The van der Waals surface area contributed by atoms with Gasteiger partial charge in [-0.15, -0.1) is 5.10 Å². The van der Waals surface area contributed by atoms with Gasteiger partial charge in [-0.2, -0.15) is 0 Å². The maximum absolute atomic E-state index is 13.5. The summed E-state index contributed by atoms with van der Waals surface area (Å²) in [5.74, 6) is -0.107. The minimum absolute atomic E-state index is 0.0826. The van der Waals surface area contributed by atoms with Crippen molar-refractivity contribution >= 4 is 46.6 Å². The summed E-state index contributed by atoms with van der Waals surface area (Å²) in [5.41, 5.74) is 5.90. The molecule has 0 aliphatic carbocycles. The molecule has 5 heterocycles. The number of rotatable bonds is 12. The van der Waals surface area contributed by atoms with Crippen LogP contribution >= 0.6 is 23.2 Å². The summed E-state index contributed by atoms with van der Waals surface area (Å²) in [5, 5.41) is 11.7. The van der Waals surface area contributed by atoms with Crippen molar-refractivity contribution in [2.45, 2.75) is 38.4 Å². The predicted molar refractivity (Wildman–Crippen MR) is 209 cm³/mol. The van der Waals surface area contributed by atoms with E-state index < -0.39 is 0 Å². The highest BCUT2D eigenvalue weighted by atomic mass is 35.5. The first-order valence-corrected chi connectivity index (χ1v) is 18.6. The number of carbonyl (C=O) groups excluding carboxylic acids is 3. The third kappa shape index (κ3) is 6.88. The summed E-state index contributed by atoms with van der Waals surface area (Å²) in [4.78, 5) is 56.5. The molecule has 55 heavy (non-hydrogen) atoms. The second-order valence-corrected chi connectivity index (χ2v) is 14.2. The smallest absolute Gasteiger partial charge is 0.350 e. The van der Waals surface area contributed by atoms with Gasteiger partial charge < -0.3 is 15.4 Å². The first-order chi connectivity index (χ1) is 26.7. The van der Waals surface area contributed by atoms with Crippen molar-refractivity contribution in [2.24, 2.45) is 0 Å². The monoisotopic (exact) mass is 775 g/mol. The molecule has 3 aromatic heterocycles. The fraction of sp³-hybridized carbons (Fsp3) is 0.220. The average molecular weight is 777 g/mol. The lowest BCUT2D eigenvalue weighted by atomic mass is 9.97. The van der Waals surface area contributed by atoms with Crippen LogP contribution in [0.25, 0.3) is 39.2 Å². The molecule has 12 nitrogen and oxygen atoms in total. The van der Waals surface area contributed by atoms with Crippen molar-refractivity contribution in [1.82, 2.24) is 34.7 Å². The Hall–Kier alpha value is -5.82. The number of carbonyl (C=O) groups is 3. The largest absolute Gasteiger partial charge is 0.481 e. The maximum Gasteiger partial charge on any atom is 0.350 e. The fourth-order valence-electron chi connectivity index (χ4n) is 7.19. The zero-order valence-corrected chi connectivity index (χ0v) is 31.2. The highest BCUT2D eigenvalue weighted by Crippen LogP contribution is 2.42. The Balaban J connectivity index is 1.00. The topological polar surface area (TPSA) is 140 Å². The number of aryl methyl sites for hydroxylation is 1. The summed E-state index contributed by atoms with van der Waals surface area (Å²) >= 11 is 14.2.